The number of benzene rings is 1. The highest BCUT2D eigenvalue weighted by molar-refractivity contribution is 5.95. The monoisotopic (exact) mass is 382 g/mol. The minimum atomic E-state index is -0.882. The van der Waals surface area contributed by atoms with Gasteiger partial charge in [-0.15, -0.1) is 0 Å². The van der Waals surface area contributed by atoms with Crippen LogP contribution in [0.15, 0.2) is 36.5 Å². The molecule has 1 amide bonds. The van der Waals surface area contributed by atoms with Gasteiger partial charge in [0.05, 0.1) is 30.8 Å². The number of anilines is 1. The maximum atomic E-state index is 12.4. The summed E-state index contributed by atoms with van der Waals surface area (Å²) in [7, 11) is 1.33. The molecule has 0 saturated carbocycles. The minimum absolute atomic E-state index is 0.0915. The van der Waals surface area contributed by atoms with Crippen molar-refractivity contribution in [1.29, 1.82) is 0 Å². The smallest absolute Gasteiger partial charge is 0.310 e. The third-order valence-corrected chi connectivity index (χ3v) is 4.84. The lowest BCUT2D eigenvalue weighted by Gasteiger charge is -2.17. The molecule has 1 aliphatic heterocycles. The Balaban J connectivity index is 2.08. The van der Waals surface area contributed by atoms with E-state index in [4.69, 9.17) is 4.74 Å². The van der Waals surface area contributed by atoms with Gasteiger partial charge in [-0.25, -0.2) is 0 Å². The number of aromatic nitrogens is 1. The van der Waals surface area contributed by atoms with Crippen LogP contribution in [0, 0.1) is 0 Å². The van der Waals surface area contributed by atoms with Gasteiger partial charge in [0, 0.05) is 18.2 Å². The number of esters is 1. The second-order valence-electron chi connectivity index (χ2n) is 6.79. The number of carbonyl (C=O) groups excluding carboxylic acids is 2. The normalized spacial score (nSPS) is 16.8. The maximum Gasteiger partial charge on any atom is 0.310 e. The fourth-order valence-electron chi connectivity index (χ4n) is 3.36. The number of carboxylic acid groups (broad SMARTS) is 1. The average Bonchev–Trinajstić information content (AvgIpc) is 2.67. The Kier molecular flexibility index (Phi) is 6.03. The van der Waals surface area contributed by atoms with Gasteiger partial charge in [-0.1, -0.05) is 18.6 Å². The lowest BCUT2D eigenvalue weighted by Crippen LogP contribution is -2.15. The van der Waals surface area contributed by atoms with Gasteiger partial charge in [-0.05, 0) is 42.2 Å². The van der Waals surface area contributed by atoms with Crippen LogP contribution in [0.25, 0.3) is 11.3 Å². The first-order valence-electron chi connectivity index (χ1n) is 9.16. The molecule has 1 aromatic heterocycles. The Hall–Kier alpha value is -3.22. The molecule has 0 radical (unpaired) electrons. The predicted octanol–water partition coefficient (Wildman–Crippen LogP) is 3.14. The largest absolute Gasteiger partial charge is 0.481 e. The highest BCUT2D eigenvalue weighted by Gasteiger charge is 2.22. The SMILES string of the molecule is COC(=O)Cc1ccc2c(c1)NC(=O)CCCCC(C(=O)O)c1ccnc-2c1. The van der Waals surface area contributed by atoms with Crippen molar-refractivity contribution in [1.82, 2.24) is 4.98 Å². The molecular weight excluding hydrogens is 360 g/mol. The molecule has 28 heavy (non-hydrogen) atoms. The summed E-state index contributed by atoms with van der Waals surface area (Å²) < 4.78 is 4.71. The number of fused-ring (bicyclic) bond motifs is 4. The zero-order chi connectivity index (χ0) is 20.1. The number of amides is 1. The highest BCUT2D eigenvalue weighted by Crippen LogP contribution is 2.32. The Morgan fingerprint density at radius 2 is 2.07 bits per heavy atom. The van der Waals surface area contributed by atoms with Crippen molar-refractivity contribution in [3.05, 3.63) is 47.7 Å². The van der Waals surface area contributed by atoms with Crippen LogP contribution in [0.1, 0.15) is 42.7 Å². The van der Waals surface area contributed by atoms with Crippen molar-refractivity contribution in [2.75, 3.05) is 12.4 Å². The zero-order valence-corrected chi connectivity index (χ0v) is 15.6. The van der Waals surface area contributed by atoms with E-state index in [9.17, 15) is 19.5 Å². The van der Waals surface area contributed by atoms with Crippen LogP contribution in [0.2, 0.25) is 0 Å². The summed E-state index contributed by atoms with van der Waals surface area (Å²) in [5.74, 6) is -2.04. The lowest BCUT2D eigenvalue weighted by atomic mass is 9.92. The molecule has 0 saturated heterocycles. The predicted molar refractivity (Wildman–Crippen MR) is 103 cm³/mol. The molecule has 7 heteroatoms. The molecular formula is C21H22N2O5. The highest BCUT2D eigenvalue weighted by atomic mass is 16.5. The number of aliphatic carboxylic acids is 1. The van der Waals surface area contributed by atoms with Crippen molar-refractivity contribution >= 4 is 23.5 Å². The van der Waals surface area contributed by atoms with Gasteiger partial charge in [-0.2, -0.15) is 0 Å². The molecule has 0 fully saturated rings. The molecule has 2 bridgehead atoms. The Morgan fingerprint density at radius 3 is 2.82 bits per heavy atom. The third kappa shape index (κ3) is 4.54. The van der Waals surface area contributed by atoms with E-state index < -0.39 is 11.9 Å². The van der Waals surface area contributed by atoms with Gasteiger partial charge in [-0.3, -0.25) is 19.4 Å². The van der Waals surface area contributed by atoms with E-state index in [0.29, 0.717) is 53.8 Å². The van der Waals surface area contributed by atoms with Crippen molar-refractivity contribution < 1.29 is 24.2 Å². The Labute approximate surface area is 162 Å². The summed E-state index contributed by atoms with van der Waals surface area (Å²) in [5.41, 5.74) is 3.19. The van der Waals surface area contributed by atoms with Crippen LogP contribution in [0.3, 0.4) is 0 Å². The molecule has 146 valence electrons. The molecule has 1 atom stereocenters. The third-order valence-electron chi connectivity index (χ3n) is 4.84. The summed E-state index contributed by atoms with van der Waals surface area (Å²) in [6.07, 6.45) is 3.68. The molecule has 2 heterocycles. The van der Waals surface area contributed by atoms with E-state index in [1.54, 1.807) is 36.5 Å². The van der Waals surface area contributed by atoms with Crippen LogP contribution in [-0.2, 0) is 25.5 Å². The summed E-state index contributed by atoms with van der Waals surface area (Å²) in [6.45, 7) is 0. The van der Waals surface area contributed by atoms with Gasteiger partial charge in [0.15, 0.2) is 0 Å². The number of nitrogens with zero attached hydrogens (tertiary/aromatic N) is 1. The molecule has 3 rings (SSSR count). The van der Waals surface area contributed by atoms with Crippen molar-refractivity contribution in [2.45, 2.75) is 38.0 Å². The standard InChI is InChI=1S/C21H22N2O5/c1-28-20(25)11-13-6-7-16-17-12-14(8-9-22-17)15(21(26)27)4-2-3-5-19(24)23-18(16)10-13/h6-10,12,15H,2-5,11H2,1H3,(H,23,24)(H,26,27). The second-order valence-corrected chi connectivity index (χ2v) is 6.79. The van der Waals surface area contributed by atoms with Gasteiger partial charge < -0.3 is 15.2 Å². The van der Waals surface area contributed by atoms with Crippen molar-refractivity contribution in [3.63, 3.8) is 0 Å². The number of nitrogens with one attached hydrogen (secondary N) is 1. The topological polar surface area (TPSA) is 106 Å². The number of methoxy groups -OCH3 is 1. The zero-order valence-electron chi connectivity index (χ0n) is 15.6. The van der Waals surface area contributed by atoms with E-state index >= 15 is 0 Å². The minimum Gasteiger partial charge on any atom is -0.481 e. The Bertz CT molecular complexity index is 909. The van der Waals surface area contributed by atoms with Crippen molar-refractivity contribution in [2.24, 2.45) is 0 Å². The first-order chi connectivity index (χ1) is 13.5. The fraction of sp³-hybridized carbons (Fsp3) is 0.333. The number of ether oxygens (including phenoxy) is 1. The lowest BCUT2D eigenvalue weighted by molar-refractivity contribution is -0.140. The van der Waals surface area contributed by atoms with Gasteiger partial charge in [0.1, 0.15) is 0 Å². The molecule has 7 nitrogen and oxygen atoms in total. The van der Waals surface area contributed by atoms with Gasteiger partial charge in [0.2, 0.25) is 5.91 Å². The van der Waals surface area contributed by atoms with Crippen LogP contribution >= 0.6 is 0 Å². The van der Waals surface area contributed by atoms with Crippen LogP contribution in [0.5, 0.6) is 0 Å². The molecule has 1 aromatic carbocycles. The van der Waals surface area contributed by atoms with E-state index in [1.807, 2.05) is 0 Å². The average molecular weight is 382 g/mol. The Morgan fingerprint density at radius 1 is 1.25 bits per heavy atom. The summed E-state index contributed by atoms with van der Waals surface area (Å²) >= 11 is 0. The molecule has 2 N–H and O–H groups in total. The molecule has 1 unspecified atom stereocenters. The van der Waals surface area contributed by atoms with Crippen LogP contribution in [0.4, 0.5) is 5.69 Å². The molecule has 2 aromatic rings. The van der Waals surface area contributed by atoms with E-state index in [-0.39, 0.29) is 18.3 Å². The number of carbonyl (C=O) groups is 3. The van der Waals surface area contributed by atoms with Gasteiger partial charge in [0.25, 0.3) is 0 Å². The molecule has 0 spiro atoms. The van der Waals surface area contributed by atoms with Crippen molar-refractivity contribution in [3.8, 4) is 11.3 Å². The van der Waals surface area contributed by atoms with E-state index in [0.717, 1.165) is 0 Å². The quantitative estimate of drug-likeness (QED) is 0.790. The van der Waals surface area contributed by atoms with Gasteiger partial charge >= 0.3 is 11.9 Å². The number of hydrogen-bond donors (Lipinski definition) is 2. The first-order valence-corrected chi connectivity index (χ1v) is 9.16. The molecule has 1 aliphatic rings. The number of rotatable bonds is 3. The summed E-state index contributed by atoms with van der Waals surface area (Å²) in [5, 5.41) is 12.5. The van der Waals surface area contributed by atoms with Crippen LogP contribution in [-0.4, -0.2) is 35.0 Å². The first kappa shape index (κ1) is 19.5. The van der Waals surface area contributed by atoms with E-state index in [1.165, 1.54) is 7.11 Å². The number of carboxylic acids is 1. The number of pyridine rings is 1. The number of hydrogen-bond acceptors (Lipinski definition) is 5. The second kappa shape index (κ2) is 8.65. The van der Waals surface area contributed by atoms with E-state index in [2.05, 4.69) is 10.3 Å². The molecule has 0 aliphatic carbocycles. The fourth-order valence-corrected chi connectivity index (χ4v) is 3.36. The summed E-state index contributed by atoms with van der Waals surface area (Å²) in [6, 6.07) is 8.76. The van der Waals surface area contributed by atoms with Crippen LogP contribution < -0.4 is 5.32 Å². The maximum absolute atomic E-state index is 12.4. The summed E-state index contributed by atoms with van der Waals surface area (Å²) in [4.78, 5) is 40.0.